The molecule has 0 spiro atoms. The maximum absolute atomic E-state index is 12.6. The third-order valence-electron chi connectivity index (χ3n) is 3.72. The summed E-state index contributed by atoms with van der Waals surface area (Å²) in [6, 6.07) is 2.00. The van der Waals surface area contributed by atoms with Crippen LogP contribution < -0.4 is 4.90 Å². The van der Waals surface area contributed by atoms with E-state index in [-0.39, 0.29) is 5.91 Å². The van der Waals surface area contributed by atoms with E-state index >= 15 is 0 Å². The van der Waals surface area contributed by atoms with E-state index in [9.17, 15) is 4.79 Å². The monoisotopic (exact) mass is 275 g/mol. The molecule has 1 aliphatic heterocycles. The van der Waals surface area contributed by atoms with E-state index in [0.29, 0.717) is 0 Å². The summed E-state index contributed by atoms with van der Waals surface area (Å²) >= 11 is 0. The number of pyridine rings is 1. The minimum absolute atomic E-state index is 0.113. The van der Waals surface area contributed by atoms with Crippen LogP contribution in [0.5, 0.6) is 0 Å². The Kier molecular flexibility index (Phi) is 5.39. The highest BCUT2D eigenvalue weighted by atomic mass is 16.2. The molecule has 1 saturated heterocycles. The summed E-state index contributed by atoms with van der Waals surface area (Å²) in [5, 5.41) is 0. The number of amides is 1. The van der Waals surface area contributed by atoms with E-state index in [2.05, 4.69) is 23.7 Å². The first-order valence-electron chi connectivity index (χ1n) is 7.75. The van der Waals surface area contributed by atoms with Crippen LogP contribution in [0.1, 0.15) is 49.9 Å². The molecule has 4 heteroatoms. The van der Waals surface area contributed by atoms with Crippen LogP contribution >= 0.6 is 0 Å². The fourth-order valence-electron chi connectivity index (χ4n) is 2.73. The third-order valence-corrected chi connectivity index (χ3v) is 3.72. The molecule has 4 nitrogen and oxygen atoms in total. The summed E-state index contributed by atoms with van der Waals surface area (Å²) in [5.74, 6) is 0.113. The second-order valence-corrected chi connectivity index (χ2v) is 5.42. The summed E-state index contributed by atoms with van der Waals surface area (Å²) in [7, 11) is 0. The second-order valence-electron chi connectivity index (χ2n) is 5.42. The van der Waals surface area contributed by atoms with E-state index < -0.39 is 0 Å². The highest BCUT2D eigenvalue weighted by Crippen LogP contribution is 2.20. The van der Waals surface area contributed by atoms with Crippen LogP contribution in [0.15, 0.2) is 18.5 Å². The predicted molar refractivity (Wildman–Crippen MR) is 82.2 cm³/mol. The zero-order valence-corrected chi connectivity index (χ0v) is 12.6. The van der Waals surface area contributed by atoms with Gasteiger partial charge in [0.05, 0.1) is 17.4 Å². The fourth-order valence-corrected chi connectivity index (χ4v) is 2.73. The number of carbonyl (C=O) groups is 1. The molecule has 2 heterocycles. The van der Waals surface area contributed by atoms with Gasteiger partial charge < -0.3 is 9.80 Å². The Morgan fingerprint density at radius 2 is 1.85 bits per heavy atom. The zero-order valence-electron chi connectivity index (χ0n) is 12.6. The van der Waals surface area contributed by atoms with E-state index in [1.165, 1.54) is 12.8 Å². The lowest BCUT2D eigenvalue weighted by Crippen LogP contribution is -2.32. The fraction of sp³-hybridized carbons (Fsp3) is 0.625. The summed E-state index contributed by atoms with van der Waals surface area (Å²) < 4.78 is 0. The first-order chi connectivity index (χ1) is 9.76. The van der Waals surface area contributed by atoms with Crippen molar-refractivity contribution >= 4 is 11.6 Å². The summed E-state index contributed by atoms with van der Waals surface area (Å²) in [6.07, 6.45) is 8.01. The molecule has 0 atom stereocenters. The first kappa shape index (κ1) is 14.8. The highest BCUT2D eigenvalue weighted by molar-refractivity contribution is 5.94. The molecule has 2 rings (SSSR count). The van der Waals surface area contributed by atoms with E-state index in [1.54, 1.807) is 6.20 Å². The standard InChI is InChI=1S/C16H25N3O/c1-3-7-19(8-4-2)16(20)14-11-15(13-17-12-14)18-9-5-6-10-18/h11-13H,3-10H2,1-2H3. The van der Waals surface area contributed by atoms with Gasteiger partial charge in [-0.3, -0.25) is 9.78 Å². The van der Waals surface area contributed by atoms with Crippen LogP contribution in [0.2, 0.25) is 0 Å². The lowest BCUT2D eigenvalue weighted by molar-refractivity contribution is 0.0755. The molecule has 0 aromatic carbocycles. The van der Waals surface area contributed by atoms with Crippen molar-refractivity contribution in [2.75, 3.05) is 31.1 Å². The molecule has 1 aromatic rings. The zero-order chi connectivity index (χ0) is 14.4. The largest absolute Gasteiger partial charge is 0.370 e. The normalized spacial score (nSPS) is 14.6. The van der Waals surface area contributed by atoms with Crippen molar-refractivity contribution in [3.05, 3.63) is 24.0 Å². The van der Waals surface area contributed by atoms with Gasteiger partial charge >= 0.3 is 0 Å². The van der Waals surface area contributed by atoms with Crippen molar-refractivity contribution in [3.63, 3.8) is 0 Å². The molecule has 0 saturated carbocycles. The Hall–Kier alpha value is -1.58. The number of hydrogen-bond donors (Lipinski definition) is 0. The van der Waals surface area contributed by atoms with E-state index in [4.69, 9.17) is 0 Å². The second kappa shape index (κ2) is 7.27. The maximum atomic E-state index is 12.6. The van der Waals surface area contributed by atoms with Crippen molar-refractivity contribution in [1.82, 2.24) is 9.88 Å². The van der Waals surface area contributed by atoms with E-state index in [0.717, 1.165) is 50.3 Å². The Balaban J connectivity index is 2.13. The van der Waals surface area contributed by atoms with Crippen molar-refractivity contribution in [2.45, 2.75) is 39.5 Å². The third kappa shape index (κ3) is 3.50. The van der Waals surface area contributed by atoms with Gasteiger partial charge in [0.25, 0.3) is 5.91 Å². The average molecular weight is 275 g/mol. The molecule has 1 aliphatic rings. The van der Waals surface area contributed by atoms with Gasteiger partial charge in [-0.05, 0) is 31.7 Å². The molecule has 0 radical (unpaired) electrons. The quantitative estimate of drug-likeness (QED) is 0.801. The summed E-state index contributed by atoms with van der Waals surface area (Å²) in [4.78, 5) is 21.1. The molecule has 20 heavy (non-hydrogen) atoms. The predicted octanol–water partition coefficient (Wildman–Crippen LogP) is 2.94. The van der Waals surface area contributed by atoms with Crippen molar-refractivity contribution in [1.29, 1.82) is 0 Å². The van der Waals surface area contributed by atoms with Crippen LogP contribution in [-0.4, -0.2) is 42.0 Å². The number of hydrogen-bond acceptors (Lipinski definition) is 3. The van der Waals surface area contributed by atoms with Gasteiger partial charge in [0.1, 0.15) is 0 Å². The van der Waals surface area contributed by atoms with Crippen LogP contribution in [0.4, 0.5) is 5.69 Å². The summed E-state index contributed by atoms with van der Waals surface area (Å²) in [5.41, 5.74) is 1.80. The van der Waals surface area contributed by atoms with Crippen molar-refractivity contribution < 1.29 is 4.79 Å². The molecule has 0 bridgehead atoms. The molecule has 110 valence electrons. The van der Waals surface area contributed by atoms with Gasteiger partial charge in [0, 0.05) is 32.4 Å². The molecular formula is C16H25N3O. The minimum Gasteiger partial charge on any atom is -0.370 e. The SMILES string of the molecule is CCCN(CCC)C(=O)c1cncc(N2CCCC2)c1. The topological polar surface area (TPSA) is 36.4 Å². The van der Waals surface area contributed by atoms with Gasteiger partial charge in [-0.2, -0.15) is 0 Å². The molecule has 1 aromatic heterocycles. The number of anilines is 1. The summed E-state index contributed by atoms with van der Waals surface area (Å²) in [6.45, 7) is 8.00. The van der Waals surface area contributed by atoms with Gasteiger partial charge in [-0.15, -0.1) is 0 Å². The minimum atomic E-state index is 0.113. The Morgan fingerprint density at radius 1 is 1.20 bits per heavy atom. The molecule has 0 aliphatic carbocycles. The highest BCUT2D eigenvalue weighted by Gasteiger charge is 2.18. The van der Waals surface area contributed by atoms with Gasteiger partial charge in [-0.25, -0.2) is 0 Å². The lowest BCUT2D eigenvalue weighted by atomic mass is 10.2. The van der Waals surface area contributed by atoms with Gasteiger partial charge in [-0.1, -0.05) is 13.8 Å². The van der Waals surface area contributed by atoms with Crippen LogP contribution in [0, 0.1) is 0 Å². The van der Waals surface area contributed by atoms with E-state index in [1.807, 2.05) is 17.2 Å². The number of nitrogens with zero attached hydrogens (tertiary/aromatic N) is 3. The molecular weight excluding hydrogens is 250 g/mol. The molecule has 0 unspecified atom stereocenters. The molecule has 1 amide bonds. The average Bonchev–Trinajstić information content (AvgIpc) is 3.01. The lowest BCUT2D eigenvalue weighted by Gasteiger charge is -2.22. The number of rotatable bonds is 6. The maximum Gasteiger partial charge on any atom is 0.255 e. The Morgan fingerprint density at radius 3 is 2.45 bits per heavy atom. The van der Waals surface area contributed by atoms with Crippen LogP contribution in [0.3, 0.4) is 0 Å². The molecule has 0 N–H and O–H groups in total. The Bertz CT molecular complexity index is 435. The Labute approximate surface area is 121 Å². The van der Waals surface area contributed by atoms with Gasteiger partial charge in [0.2, 0.25) is 0 Å². The first-order valence-corrected chi connectivity index (χ1v) is 7.75. The van der Waals surface area contributed by atoms with Crippen LogP contribution in [0.25, 0.3) is 0 Å². The van der Waals surface area contributed by atoms with Crippen LogP contribution in [-0.2, 0) is 0 Å². The smallest absolute Gasteiger partial charge is 0.255 e. The van der Waals surface area contributed by atoms with Crippen molar-refractivity contribution in [3.8, 4) is 0 Å². The van der Waals surface area contributed by atoms with Gasteiger partial charge in [0.15, 0.2) is 0 Å². The molecule has 1 fully saturated rings. The number of carbonyl (C=O) groups excluding carboxylic acids is 1. The number of aromatic nitrogens is 1. The van der Waals surface area contributed by atoms with Crippen molar-refractivity contribution in [2.24, 2.45) is 0 Å².